The van der Waals surface area contributed by atoms with Gasteiger partial charge in [0.1, 0.15) is 11.5 Å². The monoisotopic (exact) mass is 265 g/mol. The van der Waals surface area contributed by atoms with Gasteiger partial charge in [0.15, 0.2) is 5.82 Å². The molecule has 0 amide bonds. The number of halogens is 3. The Hall–Kier alpha value is -1.21. The van der Waals surface area contributed by atoms with Crippen LogP contribution in [-0.4, -0.2) is 11.2 Å². The number of guanidine groups is 1. The molecule has 0 saturated carbocycles. The topological polar surface area (TPSA) is 70.6 Å². The molecule has 0 heterocycles. The molecule has 1 aromatic rings. The predicted octanol–water partition coefficient (Wildman–Crippen LogP) is 1.65. The van der Waals surface area contributed by atoms with E-state index in [4.69, 9.17) is 10.9 Å². The lowest BCUT2D eigenvalue weighted by Crippen LogP contribution is -2.27. The molecule has 0 aliphatic carbocycles. The number of nitrogens with two attached hydrogens (primary N) is 1. The van der Waals surface area contributed by atoms with Crippen molar-refractivity contribution in [2.24, 2.45) is 10.7 Å². The van der Waals surface area contributed by atoms with Crippen LogP contribution in [0, 0.1) is 11.6 Å². The summed E-state index contributed by atoms with van der Waals surface area (Å²) in [5.74, 6) is -2.00. The SMILES string of the molecule is NC(=Nc1c(F)cc(F)cc1Br)NO. The van der Waals surface area contributed by atoms with E-state index in [-0.39, 0.29) is 10.2 Å². The van der Waals surface area contributed by atoms with Crippen LogP contribution in [0.2, 0.25) is 0 Å². The first-order valence-corrected chi connectivity index (χ1v) is 4.22. The van der Waals surface area contributed by atoms with Gasteiger partial charge in [0.25, 0.3) is 0 Å². The second-order valence-corrected chi connectivity index (χ2v) is 3.18. The summed E-state index contributed by atoms with van der Waals surface area (Å²) in [7, 11) is 0. The van der Waals surface area contributed by atoms with Crippen LogP contribution < -0.4 is 11.2 Å². The Balaban J connectivity index is 3.21. The number of hydroxylamine groups is 1. The standard InChI is InChI=1S/C7H6BrF2N3O/c8-4-1-3(9)2-5(10)6(4)12-7(11)13-14/h1-2,14H,(H3,11,12,13). The third kappa shape index (κ3) is 2.39. The van der Waals surface area contributed by atoms with Gasteiger partial charge in [0.2, 0.25) is 5.96 Å². The van der Waals surface area contributed by atoms with Crippen LogP contribution in [-0.2, 0) is 0 Å². The van der Waals surface area contributed by atoms with Gasteiger partial charge in [-0.3, -0.25) is 5.21 Å². The second kappa shape index (κ2) is 4.34. The maximum absolute atomic E-state index is 13.1. The summed E-state index contributed by atoms with van der Waals surface area (Å²) in [6, 6.07) is 1.70. The average Bonchev–Trinajstić information content (AvgIpc) is 2.10. The van der Waals surface area contributed by atoms with Crippen molar-refractivity contribution in [3.05, 3.63) is 28.2 Å². The average molecular weight is 266 g/mol. The molecule has 0 atom stereocenters. The summed E-state index contributed by atoms with van der Waals surface area (Å²) in [5.41, 5.74) is 6.43. The molecule has 0 saturated heterocycles. The van der Waals surface area contributed by atoms with E-state index >= 15 is 0 Å². The summed E-state index contributed by atoms with van der Waals surface area (Å²) >= 11 is 2.90. The summed E-state index contributed by atoms with van der Waals surface area (Å²) in [4.78, 5) is 3.46. The summed E-state index contributed by atoms with van der Waals surface area (Å²) in [5, 5.41) is 8.31. The van der Waals surface area contributed by atoms with Crippen LogP contribution in [0.5, 0.6) is 0 Å². The molecular formula is C7H6BrF2N3O. The van der Waals surface area contributed by atoms with Crippen molar-refractivity contribution in [3.8, 4) is 0 Å². The van der Waals surface area contributed by atoms with Gasteiger partial charge in [-0.2, -0.15) is 0 Å². The first-order valence-electron chi connectivity index (χ1n) is 3.43. The van der Waals surface area contributed by atoms with Gasteiger partial charge in [-0.25, -0.2) is 19.3 Å². The fourth-order valence-corrected chi connectivity index (χ4v) is 1.28. The Kier molecular flexibility index (Phi) is 3.37. The van der Waals surface area contributed by atoms with Crippen molar-refractivity contribution in [1.29, 1.82) is 0 Å². The van der Waals surface area contributed by atoms with Gasteiger partial charge in [-0.1, -0.05) is 0 Å². The maximum atomic E-state index is 13.1. The summed E-state index contributed by atoms with van der Waals surface area (Å²) < 4.78 is 25.8. The van der Waals surface area contributed by atoms with Gasteiger partial charge in [0.05, 0.1) is 0 Å². The van der Waals surface area contributed by atoms with Crippen LogP contribution in [0.4, 0.5) is 14.5 Å². The summed E-state index contributed by atoms with van der Waals surface area (Å²) in [6.45, 7) is 0. The highest BCUT2D eigenvalue weighted by Crippen LogP contribution is 2.29. The lowest BCUT2D eigenvalue weighted by molar-refractivity contribution is 0.233. The quantitative estimate of drug-likeness (QED) is 0.411. The molecule has 0 spiro atoms. The molecule has 0 bridgehead atoms. The van der Waals surface area contributed by atoms with Crippen molar-refractivity contribution in [2.45, 2.75) is 0 Å². The zero-order valence-corrected chi connectivity index (χ0v) is 8.35. The summed E-state index contributed by atoms with van der Waals surface area (Å²) in [6.07, 6.45) is 0. The third-order valence-corrected chi connectivity index (χ3v) is 1.93. The van der Waals surface area contributed by atoms with E-state index in [0.29, 0.717) is 6.07 Å². The number of benzene rings is 1. The van der Waals surface area contributed by atoms with Gasteiger partial charge in [-0.05, 0) is 22.0 Å². The van der Waals surface area contributed by atoms with Crippen molar-refractivity contribution in [1.82, 2.24) is 5.48 Å². The first-order chi connectivity index (χ1) is 6.54. The first kappa shape index (κ1) is 10.9. The number of hydrogen-bond donors (Lipinski definition) is 3. The molecule has 7 heteroatoms. The van der Waals surface area contributed by atoms with Crippen molar-refractivity contribution < 1.29 is 14.0 Å². The van der Waals surface area contributed by atoms with E-state index in [0.717, 1.165) is 6.07 Å². The minimum Gasteiger partial charge on any atom is -0.368 e. The van der Waals surface area contributed by atoms with Crippen LogP contribution in [0.25, 0.3) is 0 Å². The zero-order valence-electron chi connectivity index (χ0n) is 6.76. The highest BCUT2D eigenvalue weighted by molar-refractivity contribution is 9.10. The molecule has 0 unspecified atom stereocenters. The fourth-order valence-electron chi connectivity index (χ4n) is 0.787. The van der Waals surface area contributed by atoms with E-state index in [9.17, 15) is 8.78 Å². The largest absolute Gasteiger partial charge is 0.368 e. The Labute approximate surface area is 86.5 Å². The molecule has 0 aromatic heterocycles. The van der Waals surface area contributed by atoms with Crippen molar-refractivity contribution in [2.75, 3.05) is 0 Å². The Morgan fingerprint density at radius 1 is 1.50 bits per heavy atom. The van der Waals surface area contributed by atoms with E-state index in [2.05, 4.69) is 20.9 Å². The van der Waals surface area contributed by atoms with Crippen molar-refractivity contribution >= 4 is 27.6 Å². The van der Waals surface area contributed by atoms with E-state index in [1.807, 2.05) is 0 Å². The van der Waals surface area contributed by atoms with Crippen LogP contribution in [0.15, 0.2) is 21.6 Å². The van der Waals surface area contributed by atoms with Gasteiger partial charge in [-0.15, -0.1) is 0 Å². The minimum absolute atomic E-state index is 0.105. The number of rotatable bonds is 1. The lowest BCUT2D eigenvalue weighted by Gasteiger charge is -2.02. The van der Waals surface area contributed by atoms with Crippen LogP contribution >= 0.6 is 15.9 Å². The Morgan fingerprint density at radius 3 is 2.64 bits per heavy atom. The molecular weight excluding hydrogens is 260 g/mol. The fraction of sp³-hybridized carbons (Fsp3) is 0. The molecule has 0 radical (unpaired) electrons. The lowest BCUT2D eigenvalue weighted by atomic mass is 10.3. The van der Waals surface area contributed by atoms with Gasteiger partial charge < -0.3 is 5.73 Å². The highest BCUT2D eigenvalue weighted by Gasteiger charge is 2.08. The second-order valence-electron chi connectivity index (χ2n) is 2.33. The highest BCUT2D eigenvalue weighted by atomic mass is 79.9. The number of hydrogen-bond acceptors (Lipinski definition) is 2. The molecule has 14 heavy (non-hydrogen) atoms. The van der Waals surface area contributed by atoms with Crippen LogP contribution in [0.3, 0.4) is 0 Å². The molecule has 0 aliphatic heterocycles. The zero-order chi connectivity index (χ0) is 10.7. The molecule has 1 rings (SSSR count). The minimum atomic E-state index is -0.880. The molecule has 0 aliphatic rings. The molecule has 1 aromatic carbocycles. The third-order valence-electron chi connectivity index (χ3n) is 1.33. The maximum Gasteiger partial charge on any atom is 0.218 e. The Morgan fingerprint density at radius 2 is 2.14 bits per heavy atom. The normalized spacial score (nSPS) is 11.6. The van der Waals surface area contributed by atoms with E-state index < -0.39 is 17.6 Å². The van der Waals surface area contributed by atoms with Gasteiger partial charge >= 0.3 is 0 Å². The van der Waals surface area contributed by atoms with E-state index in [1.54, 1.807) is 0 Å². The molecule has 76 valence electrons. The van der Waals surface area contributed by atoms with E-state index in [1.165, 1.54) is 5.48 Å². The number of aliphatic imine (C=N–C) groups is 1. The van der Waals surface area contributed by atoms with Crippen LogP contribution in [0.1, 0.15) is 0 Å². The molecule has 4 N–H and O–H groups in total. The molecule has 4 nitrogen and oxygen atoms in total. The predicted molar refractivity (Wildman–Crippen MR) is 50.3 cm³/mol. The number of nitrogens with zero attached hydrogens (tertiary/aromatic N) is 1. The Bertz CT molecular complexity index is 360. The molecule has 0 fully saturated rings. The van der Waals surface area contributed by atoms with Gasteiger partial charge in [0, 0.05) is 10.5 Å². The smallest absolute Gasteiger partial charge is 0.218 e. The van der Waals surface area contributed by atoms with Crippen molar-refractivity contribution in [3.63, 3.8) is 0 Å². The number of nitrogens with one attached hydrogen (secondary N) is 1.